The smallest absolute Gasteiger partial charge is 0.335 e. The molecule has 0 spiro atoms. The second kappa shape index (κ2) is 10.6. The molecule has 0 radical (unpaired) electrons. The van der Waals surface area contributed by atoms with E-state index in [9.17, 15) is 9.59 Å². The lowest BCUT2D eigenvalue weighted by molar-refractivity contribution is 0.0696. The number of carboxylic acids is 1. The van der Waals surface area contributed by atoms with Crippen LogP contribution in [-0.4, -0.2) is 36.6 Å². The van der Waals surface area contributed by atoms with E-state index in [1.165, 1.54) is 5.56 Å². The van der Waals surface area contributed by atoms with Gasteiger partial charge in [0.25, 0.3) is 5.91 Å². The fourth-order valence-corrected chi connectivity index (χ4v) is 4.62. The summed E-state index contributed by atoms with van der Waals surface area (Å²) in [5.74, 6) is -0.0390. The molecule has 1 N–H and O–H groups in total. The van der Waals surface area contributed by atoms with Gasteiger partial charge >= 0.3 is 5.97 Å². The minimum absolute atomic E-state index is 0.0334. The van der Waals surface area contributed by atoms with Crippen LogP contribution in [0.1, 0.15) is 58.9 Å². The highest BCUT2D eigenvalue weighted by atomic mass is 16.4. The second-order valence-corrected chi connectivity index (χ2v) is 9.38. The Morgan fingerprint density at radius 3 is 2.03 bits per heavy atom. The first-order valence-corrected chi connectivity index (χ1v) is 12.0. The van der Waals surface area contributed by atoms with E-state index in [1.54, 1.807) is 12.1 Å². The van der Waals surface area contributed by atoms with Gasteiger partial charge in [0, 0.05) is 36.6 Å². The van der Waals surface area contributed by atoms with Gasteiger partial charge in [-0.1, -0.05) is 44.2 Å². The summed E-state index contributed by atoms with van der Waals surface area (Å²) in [6.45, 7) is 6.77. The Bertz CT molecular complexity index is 1100. The fraction of sp³-hybridized carbons (Fsp3) is 0.310. The molecule has 176 valence electrons. The van der Waals surface area contributed by atoms with Crippen LogP contribution in [-0.2, 0) is 0 Å². The average Bonchev–Trinajstić information content (AvgIpc) is 2.87. The zero-order valence-electron chi connectivity index (χ0n) is 19.9. The van der Waals surface area contributed by atoms with Gasteiger partial charge in [0.15, 0.2) is 0 Å². The molecule has 1 aliphatic heterocycles. The van der Waals surface area contributed by atoms with E-state index in [1.807, 2.05) is 59.5 Å². The lowest BCUT2D eigenvalue weighted by atomic mass is 9.88. The number of carbonyl (C=O) groups excluding carboxylic acids is 1. The van der Waals surface area contributed by atoms with Gasteiger partial charge in [0.2, 0.25) is 0 Å². The zero-order valence-corrected chi connectivity index (χ0v) is 19.9. The van der Waals surface area contributed by atoms with E-state index >= 15 is 0 Å². The number of anilines is 2. The molecule has 0 atom stereocenters. The van der Waals surface area contributed by atoms with Crippen LogP contribution in [0.2, 0.25) is 0 Å². The number of piperidine rings is 1. The topological polar surface area (TPSA) is 60.9 Å². The molecule has 0 bridgehead atoms. The van der Waals surface area contributed by atoms with E-state index in [4.69, 9.17) is 5.11 Å². The first-order valence-electron chi connectivity index (χ1n) is 12.0. The molecule has 5 heteroatoms. The average molecular weight is 457 g/mol. The number of carbonyl (C=O) groups is 2. The quantitative estimate of drug-likeness (QED) is 0.469. The number of carboxylic acid groups (broad SMARTS) is 1. The van der Waals surface area contributed by atoms with Crippen molar-refractivity contribution >= 4 is 23.3 Å². The maximum absolute atomic E-state index is 13.3. The first-order chi connectivity index (χ1) is 16.4. The van der Waals surface area contributed by atoms with Crippen LogP contribution >= 0.6 is 0 Å². The van der Waals surface area contributed by atoms with Gasteiger partial charge < -0.3 is 14.9 Å². The number of para-hydroxylation sites is 1. The molecule has 5 nitrogen and oxygen atoms in total. The molecular formula is C29H32N2O3. The van der Waals surface area contributed by atoms with E-state index in [0.717, 1.165) is 37.3 Å². The first kappa shape index (κ1) is 23.6. The van der Waals surface area contributed by atoms with E-state index < -0.39 is 5.97 Å². The highest BCUT2D eigenvalue weighted by molar-refractivity contribution is 6.06. The minimum atomic E-state index is -0.900. The molecular weight excluding hydrogens is 424 g/mol. The van der Waals surface area contributed by atoms with Gasteiger partial charge in [-0.2, -0.15) is 0 Å². The maximum Gasteiger partial charge on any atom is 0.335 e. The van der Waals surface area contributed by atoms with Crippen LogP contribution in [0.3, 0.4) is 0 Å². The Morgan fingerprint density at radius 1 is 0.882 bits per heavy atom. The van der Waals surface area contributed by atoms with Gasteiger partial charge in [-0.15, -0.1) is 0 Å². The predicted octanol–water partition coefficient (Wildman–Crippen LogP) is 6.07. The largest absolute Gasteiger partial charge is 0.478 e. The predicted molar refractivity (Wildman–Crippen MR) is 137 cm³/mol. The molecule has 1 amide bonds. The van der Waals surface area contributed by atoms with Gasteiger partial charge in [-0.3, -0.25) is 4.79 Å². The van der Waals surface area contributed by atoms with Crippen molar-refractivity contribution < 1.29 is 14.7 Å². The van der Waals surface area contributed by atoms with Crippen LogP contribution in [0, 0.1) is 5.92 Å². The van der Waals surface area contributed by atoms with Crippen LogP contribution in [0.5, 0.6) is 0 Å². The number of rotatable bonds is 7. The van der Waals surface area contributed by atoms with Crippen molar-refractivity contribution in [2.45, 2.75) is 32.6 Å². The van der Waals surface area contributed by atoms with Gasteiger partial charge in [-0.05, 0) is 78.8 Å². The Kier molecular flexibility index (Phi) is 7.31. The summed E-state index contributed by atoms with van der Waals surface area (Å²) < 4.78 is 0. The molecule has 0 aromatic heterocycles. The monoisotopic (exact) mass is 456 g/mol. The maximum atomic E-state index is 13.3. The molecule has 1 saturated heterocycles. The summed E-state index contributed by atoms with van der Waals surface area (Å²) in [5, 5.41) is 9.09. The highest BCUT2D eigenvalue weighted by Crippen LogP contribution is 2.31. The fourth-order valence-electron chi connectivity index (χ4n) is 4.62. The molecule has 0 saturated carbocycles. The van der Waals surface area contributed by atoms with Gasteiger partial charge in [-0.25, -0.2) is 4.79 Å². The molecule has 3 aromatic rings. The third kappa shape index (κ3) is 5.48. The van der Waals surface area contributed by atoms with Crippen LogP contribution in [0.4, 0.5) is 11.4 Å². The van der Waals surface area contributed by atoms with Gasteiger partial charge in [0.05, 0.1) is 5.56 Å². The minimum Gasteiger partial charge on any atom is -0.478 e. The van der Waals surface area contributed by atoms with Crippen molar-refractivity contribution in [3.8, 4) is 0 Å². The number of nitrogens with zero attached hydrogens (tertiary/aromatic N) is 2. The third-order valence-electron chi connectivity index (χ3n) is 6.46. The zero-order chi connectivity index (χ0) is 24.1. The summed E-state index contributed by atoms with van der Waals surface area (Å²) in [6.07, 6.45) is 2.05. The van der Waals surface area contributed by atoms with Crippen LogP contribution in [0.15, 0.2) is 78.9 Å². The van der Waals surface area contributed by atoms with Crippen molar-refractivity contribution in [1.82, 2.24) is 0 Å². The van der Waals surface area contributed by atoms with E-state index in [0.29, 0.717) is 29.5 Å². The highest BCUT2D eigenvalue weighted by Gasteiger charge is 2.23. The number of aromatic carboxylic acids is 1. The molecule has 0 aliphatic carbocycles. The Hall–Kier alpha value is -3.60. The Balaban J connectivity index is 1.40. The van der Waals surface area contributed by atoms with Crippen LogP contribution in [0.25, 0.3) is 0 Å². The molecule has 1 fully saturated rings. The summed E-state index contributed by atoms with van der Waals surface area (Å²) in [4.78, 5) is 28.6. The van der Waals surface area contributed by atoms with Crippen molar-refractivity contribution in [2.75, 3.05) is 29.4 Å². The Labute approximate surface area is 201 Å². The lowest BCUT2D eigenvalue weighted by Crippen LogP contribution is -2.34. The van der Waals surface area contributed by atoms with Crippen molar-refractivity contribution in [2.24, 2.45) is 5.92 Å². The summed E-state index contributed by atoms with van der Waals surface area (Å²) in [7, 11) is 0. The standard InChI is InChI=1S/C29H32N2O3/c1-21(2)20-31(27-6-4-3-5-7-27)28(32)24-10-8-22(9-11-24)23-16-18-30(19-17-23)26-14-12-25(13-15-26)29(33)34/h3-15,21,23H,16-20H2,1-2H3,(H,33,34). The third-order valence-corrected chi connectivity index (χ3v) is 6.46. The van der Waals surface area contributed by atoms with E-state index in [2.05, 4.69) is 30.9 Å². The van der Waals surface area contributed by atoms with Crippen molar-refractivity contribution in [1.29, 1.82) is 0 Å². The summed E-state index contributed by atoms with van der Waals surface area (Å²) in [5.41, 5.74) is 4.29. The molecule has 34 heavy (non-hydrogen) atoms. The lowest BCUT2D eigenvalue weighted by Gasteiger charge is -2.34. The summed E-state index contributed by atoms with van der Waals surface area (Å²) in [6, 6.07) is 25.1. The summed E-state index contributed by atoms with van der Waals surface area (Å²) >= 11 is 0. The number of benzene rings is 3. The number of amides is 1. The molecule has 0 unspecified atom stereocenters. The van der Waals surface area contributed by atoms with Crippen LogP contribution < -0.4 is 9.80 Å². The SMILES string of the molecule is CC(C)CN(C(=O)c1ccc(C2CCN(c3ccc(C(=O)O)cc3)CC2)cc1)c1ccccc1. The van der Waals surface area contributed by atoms with Gasteiger partial charge in [0.1, 0.15) is 0 Å². The normalized spacial score (nSPS) is 14.3. The number of hydrogen-bond acceptors (Lipinski definition) is 3. The van der Waals surface area contributed by atoms with E-state index in [-0.39, 0.29) is 5.91 Å². The number of hydrogen-bond donors (Lipinski definition) is 1. The second-order valence-electron chi connectivity index (χ2n) is 9.38. The molecule has 3 aromatic carbocycles. The van der Waals surface area contributed by atoms with Crippen molar-refractivity contribution in [3.63, 3.8) is 0 Å². The molecule has 1 aliphatic rings. The Morgan fingerprint density at radius 2 is 1.47 bits per heavy atom. The molecule has 4 rings (SSSR count). The van der Waals surface area contributed by atoms with Crippen molar-refractivity contribution in [3.05, 3.63) is 95.6 Å². The molecule has 1 heterocycles.